The van der Waals surface area contributed by atoms with E-state index in [0.717, 1.165) is 5.69 Å². The van der Waals surface area contributed by atoms with E-state index in [1.165, 1.54) is 6.07 Å². The van der Waals surface area contributed by atoms with Crippen molar-refractivity contribution in [1.82, 2.24) is 0 Å². The molecule has 1 aromatic carbocycles. The summed E-state index contributed by atoms with van der Waals surface area (Å²) < 4.78 is 13.2. The summed E-state index contributed by atoms with van der Waals surface area (Å²) in [6, 6.07) is 6.82. The second-order valence-electron chi connectivity index (χ2n) is 4.98. The van der Waals surface area contributed by atoms with Crippen LogP contribution in [0.15, 0.2) is 24.3 Å². The van der Waals surface area contributed by atoms with Gasteiger partial charge in [0.1, 0.15) is 11.6 Å². The highest BCUT2D eigenvalue weighted by atomic mass is 19.1. The molecule has 0 aliphatic carbocycles. The van der Waals surface area contributed by atoms with E-state index in [9.17, 15) is 9.18 Å². The molecule has 92 valence electrons. The number of nitrogens with zero attached hydrogens (tertiary/aromatic N) is 1. The zero-order valence-electron chi connectivity index (χ0n) is 10.3. The molecule has 1 atom stereocenters. The van der Waals surface area contributed by atoms with Gasteiger partial charge in [-0.2, -0.15) is 0 Å². The Morgan fingerprint density at radius 1 is 1.41 bits per heavy atom. The Balaban J connectivity index is 2.26. The summed E-state index contributed by atoms with van der Waals surface area (Å²) in [4.78, 5) is 13.7. The molecule has 3 heteroatoms. The number of benzene rings is 1. The number of hydrogen-bond acceptors (Lipinski definition) is 2. The van der Waals surface area contributed by atoms with Crippen molar-refractivity contribution < 1.29 is 9.18 Å². The van der Waals surface area contributed by atoms with Crippen molar-refractivity contribution in [2.45, 2.75) is 32.7 Å². The van der Waals surface area contributed by atoms with Crippen LogP contribution in [0, 0.1) is 11.7 Å². The third-order valence-corrected chi connectivity index (χ3v) is 3.38. The van der Waals surface area contributed by atoms with Crippen LogP contribution in [-0.4, -0.2) is 18.4 Å². The van der Waals surface area contributed by atoms with Crippen molar-refractivity contribution in [2.75, 3.05) is 11.4 Å². The van der Waals surface area contributed by atoms with Gasteiger partial charge in [0, 0.05) is 31.1 Å². The Morgan fingerprint density at radius 2 is 2.18 bits per heavy atom. The largest absolute Gasteiger partial charge is 0.367 e. The van der Waals surface area contributed by atoms with E-state index >= 15 is 0 Å². The molecule has 2 nitrogen and oxygen atoms in total. The Bertz CT molecular complexity index is 416. The van der Waals surface area contributed by atoms with Gasteiger partial charge >= 0.3 is 0 Å². The van der Waals surface area contributed by atoms with Crippen molar-refractivity contribution >= 4 is 11.5 Å². The van der Waals surface area contributed by atoms with Crippen LogP contribution in [0.3, 0.4) is 0 Å². The number of halogens is 1. The monoisotopic (exact) mass is 235 g/mol. The summed E-state index contributed by atoms with van der Waals surface area (Å²) in [5.41, 5.74) is 0.885. The van der Waals surface area contributed by atoms with Crippen LogP contribution in [0.1, 0.15) is 26.7 Å². The first-order valence-electron chi connectivity index (χ1n) is 6.12. The zero-order valence-corrected chi connectivity index (χ0v) is 10.3. The van der Waals surface area contributed by atoms with Crippen molar-refractivity contribution in [3.63, 3.8) is 0 Å². The fraction of sp³-hybridized carbons (Fsp3) is 0.500. The van der Waals surface area contributed by atoms with Gasteiger partial charge in [0.25, 0.3) is 0 Å². The molecule has 0 radical (unpaired) electrons. The predicted molar refractivity (Wildman–Crippen MR) is 66.6 cm³/mol. The summed E-state index contributed by atoms with van der Waals surface area (Å²) in [5.74, 6) is 0.487. The van der Waals surface area contributed by atoms with Gasteiger partial charge in [0.15, 0.2) is 0 Å². The SMILES string of the molecule is CC(C)C1CC(=O)CCN1c1cccc(F)c1. The Hall–Kier alpha value is -1.38. The molecule has 0 aromatic heterocycles. The fourth-order valence-electron chi connectivity index (χ4n) is 2.43. The fourth-order valence-corrected chi connectivity index (χ4v) is 2.43. The number of Topliss-reactive ketones (excluding diaryl/α,β-unsaturated/α-hetero) is 1. The third-order valence-electron chi connectivity index (χ3n) is 3.38. The molecule has 1 aromatic rings. The summed E-state index contributed by atoms with van der Waals surface area (Å²) in [6.45, 7) is 4.91. The quantitative estimate of drug-likeness (QED) is 0.785. The number of rotatable bonds is 2. The second-order valence-corrected chi connectivity index (χ2v) is 4.98. The number of hydrogen-bond donors (Lipinski definition) is 0. The van der Waals surface area contributed by atoms with E-state index in [0.29, 0.717) is 31.1 Å². The van der Waals surface area contributed by atoms with Crippen molar-refractivity contribution in [2.24, 2.45) is 5.92 Å². The minimum absolute atomic E-state index is 0.193. The van der Waals surface area contributed by atoms with Gasteiger partial charge in [0.05, 0.1) is 0 Å². The van der Waals surface area contributed by atoms with Gasteiger partial charge in [0.2, 0.25) is 0 Å². The summed E-state index contributed by atoms with van der Waals surface area (Å²) in [7, 11) is 0. The second kappa shape index (κ2) is 4.86. The maximum absolute atomic E-state index is 13.2. The lowest BCUT2D eigenvalue weighted by atomic mass is 9.91. The molecule has 1 heterocycles. The van der Waals surface area contributed by atoms with Crippen LogP contribution in [0.25, 0.3) is 0 Å². The smallest absolute Gasteiger partial charge is 0.136 e. The number of anilines is 1. The molecule has 1 unspecified atom stereocenters. The summed E-state index contributed by atoms with van der Waals surface area (Å²) in [5, 5.41) is 0. The van der Waals surface area contributed by atoms with E-state index < -0.39 is 0 Å². The van der Waals surface area contributed by atoms with E-state index in [-0.39, 0.29) is 11.9 Å². The Morgan fingerprint density at radius 3 is 2.82 bits per heavy atom. The lowest BCUT2D eigenvalue weighted by Crippen LogP contribution is -2.45. The van der Waals surface area contributed by atoms with E-state index in [4.69, 9.17) is 0 Å². The Kier molecular flexibility index (Phi) is 3.46. The van der Waals surface area contributed by atoms with Crippen LogP contribution < -0.4 is 4.90 Å². The average Bonchev–Trinajstić information content (AvgIpc) is 2.28. The first-order chi connectivity index (χ1) is 8.08. The normalized spacial score (nSPS) is 21.1. The van der Waals surface area contributed by atoms with E-state index in [1.807, 2.05) is 6.07 Å². The van der Waals surface area contributed by atoms with Gasteiger partial charge in [-0.3, -0.25) is 4.79 Å². The van der Waals surface area contributed by atoms with Gasteiger partial charge in [-0.25, -0.2) is 4.39 Å². The molecule has 0 saturated carbocycles. The third kappa shape index (κ3) is 2.65. The molecular formula is C14H18FNO. The van der Waals surface area contributed by atoms with Crippen molar-refractivity contribution in [1.29, 1.82) is 0 Å². The maximum atomic E-state index is 13.2. The number of ketones is 1. The van der Waals surface area contributed by atoms with E-state index in [1.54, 1.807) is 12.1 Å². The molecule has 1 aliphatic rings. The molecule has 17 heavy (non-hydrogen) atoms. The van der Waals surface area contributed by atoms with E-state index in [2.05, 4.69) is 18.7 Å². The molecule has 0 spiro atoms. The predicted octanol–water partition coefficient (Wildman–Crippen LogP) is 3.02. The lowest BCUT2D eigenvalue weighted by Gasteiger charge is -2.39. The number of carbonyl (C=O) groups excluding carboxylic acids is 1. The number of piperidine rings is 1. The molecular weight excluding hydrogens is 217 g/mol. The highest BCUT2D eigenvalue weighted by Crippen LogP contribution is 2.27. The van der Waals surface area contributed by atoms with Gasteiger partial charge in [-0.05, 0) is 24.1 Å². The molecule has 1 aliphatic heterocycles. The number of carbonyl (C=O) groups is 1. The van der Waals surface area contributed by atoms with Crippen LogP contribution in [0.2, 0.25) is 0 Å². The summed E-state index contributed by atoms with van der Waals surface area (Å²) in [6.07, 6.45) is 1.15. The highest BCUT2D eigenvalue weighted by molar-refractivity contribution is 5.81. The average molecular weight is 235 g/mol. The van der Waals surface area contributed by atoms with Gasteiger partial charge < -0.3 is 4.90 Å². The molecule has 1 fully saturated rings. The minimum Gasteiger partial charge on any atom is -0.367 e. The molecule has 0 amide bonds. The first-order valence-corrected chi connectivity index (χ1v) is 6.12. The first kappa shape index (κ1) is 12.1. The van der Waals surface area contributed by atoms with Gasteiger partial charge in [-0.15, -0.1) is 0 Å². The lowest BCUT2D eigenvalue weighted by molar-refractivity contribution is -0.120. The standard InChI is InChI=1S/C14H18FNO/c1-10(2)14-9-13(17)6-7-16(14)12-5-3-4-11(15)8-12/h3-5,8,10,14H,6-7,9H2,1-2H3. The zero-order chi connectivity index (χ0) is 12.4. The van der Waals surface area contributed by atoms with Crippen molar-refractivity contribution in [3.8, 4) is 0 Å². The summed E-state index contributed by atoms with van der Waals surface area (Å²) >= 11 is 0. The van der Waals surface area contributed by atoms with Crippen LogP contribution in [0.4, 0.5) is 10.1 Å². The van der Waals surface area contributed by atoms with Crippen LogP contribution in [-0.2, 0) is 4.79 Å². The molecule has 0 N–H and O–H groups in total. The van der Waals surface area contributed by atoms with Crippen LogP contribution in [0.5, 0.6) is 0 Å². The highest BCUT2D eigenvalue weighted by Gasteiger charge is 2.29. The minimum atomic E-state index is -0.220. The topological polar surface area (TPSA) is 20.3 Å². The van der Waals surface area contributed by atoms with Crippen LogP contribution >= 0.6 is 0 Å². The van der Waals surface area contributed by atoms with Crippen molar-refractivity contribution in [3.05, 3.63) is 30.1 Å². The molecule has 1 saturated heterocycles. The molecule has 0 bridgehead atoms. The maximum Gasteiger partial charge on any atom is 0.136 e. The van der Waals surface area contributed by atoms with Gasteiger partial charge in [-0.1, -0.05) is 19.9 Å². The molecule has 2 rings (SSSR count). The Labute approximate surface area is 101 Å².